The highest BCUT2D eigenvalue weighted by molar-refractivity contribution is 9.10. The largest absolute Gasteiger partial charge is 0.310 e. The number of rotatable bonds is 5. The Morgan fingerprint density at radius 2 is 1.71 bits per heavy atom. The van der Waals surface area contributed by atoms with Crippen LogP contribution in [-0.2, 0) is 6.42 Å². The Labute approximate surface area is 130 Å². The second-order valence-electron chi connectivity index (χ2n) is 4.87. The van der Waals surface area contributed by atoms with Gasteiger partial charge in [-0.1, -0.05) is 15.9 Å². The molecule has 0 fully saturated rings. The van der Waals surface area contributed by atoms with E-state index in [1.54, 1.807) is 12.1 Å². The maximum Gasteiger partial charge on any atom is 0.128 e. The summed E-state index contributed by atoms with van der Waals surface area (Å²) in [7, 11) is 0. The van der Waals surface area contributed by atoms with Crippen molar-refractivity contribution in [3.8, 4) is 0 Å². The fraction of sp³-hybridized carbons (Fsp3) is 0.250. The molecule has 0 aliphatic rings. The van der Waals surface area contributed by atoms with E-state index in [1.807, 2.05) is 6.92 Å². The summed E-state index contributed by atoms with van der Waals surface area (Å²) in [5.41, 5.74) is 1.12. The third-order valence-corrected chi connectivity index (χ3v) is 3.70. The predicted octanol–water partition coefficient (Wildman–Crippen LogP) is 4.76. The van der Waals surface area contributed by atoms with Gasteiger partial charge in [-0.15, -0.1) is 0 Å². The summed E-state index contributed by atoms with van der Waals surface area (Å²) in [5, 5.41) is 3.15. The fourth-order valence-electron chi connectivity index (χ4n) is 2.14. The molecule has 2 aromatic rings. The van der Waals surface area contributed by atoms with Gasteiger partial charge in [-0.2, -0.15) is 0 Å². The normalized spacial score (nSPS) is 12.4. The van der Waals surface area contributed by atoms with Crippen LogP contribution in [0.25, 0.3) is 0 Å². The monoisotopic (exact) mass is 357 g/mol. The van der Waals surface area contributed by atoms with E-state index in [9.17, 15) is 13.2 Å². The Morgan fingerprint density at radius 1 is 1.05 bits per heavy atom. The van der Waals surface area contributed by atoms with Gasteiger partial charge in [0.25, 0.3) is 0 Å². The van der Waals surface area contributed by atoms with Gasteiger partial charge in [0.15, 0.2) is 0 Å². The first-order valence-corrected chi connectivity index (χ1v) is 7.38. The maximum absolute atomic E-state index is 13.7. The molecule has 0 saturated heterocycles. The van der Waals surface area contributed by atoms with E-state index in [0.29, 0.717) is 24.1 Å². The molecule has 0 heterocycles. The summed E-state index contributed by atoms with van der Waals surface area (Å²) in [6.07, 6.45) is 0.467. The molecule has 0 amide bonds. The molecule has 5 heteroatoms. The first-order chi connectivity index (χ1) is 9.95. The van der Waals surface area contributed by atoms with Gasteiger partial charge in [-0.3, -0.25) is 0 Å². The highest BCUT2D eigenvalue weighted by atomic mass is 79.9. The number of nitrogens with one attached hydrogen (secondary N) is 1. The minimum Gasteiger partial charge on any atom is -0.310 e. The van der Waals surface area contributed by atoms with Crippen molar-refractivity contribution in [2.45, 2.75) is 19.4 Å². The zero-order valence-electron chi connectivity index (χ0n) is 11.5. The zero-order chi connectivity index (χ0) is 15.4. The van der Waals surface area contributed by atoms with Crippen LogP contribution in [0.3, 0.4) is 0 Å². The number of halogens is 4. The number of hydrogen-bond acceptors (Lipinski definition) is 1. The molecule has 0 saturated carbocycles. The summed E-state index contributed by atoms with van der Waals surface area (Å²) in [4.78, 5) is 0. The Bertz CT molecular complexity index is 611. The van der Waals surface area contributed by atoms with Gasteiger partial charge >= 0.3 is 0 Å². The minimum absolute atomic E-state index is 0.194. The molecule has 2 aromatic carbocycles. The molecular formula is C16H15BrF3N. The van der Waals surface area contributed by atoms with Crippen molar-refractivity contribution >= 4 is 15.9 Å². The third kappa shape index (κ3) is 4.58. The molecule has 0 radical (unpaired) electrons. The highest BCUT2D eigenvalue weighted by Gasteiger charge is 2.11. The van der Waals surface area contributed by atoms with Crippen molar-refractivity contribution in [3.05, 3.63) is 69.4 Å². The lowest BCUT2D eigenvalue weighted by Gasteiger charge is -2.15. The lowest BCUT2D eigenvalue weighted by atomic mass is 10.1. The third-order valence-electron chi connectivity index (χ3n) is 3.21. The van der Waals surface area contributed by atoms with Crippen molar-refractivity contribution in [3.63, 3.8) is 0 Å². The van der Waals surface area contributed by atoms with Gasteiger partial charge < -0.3 is 5.32 Å². The van der Waals surface area contributed by atoms with Crippen LogP contribution in [0, 0.1) is 17.5 Å². The maximum atomic E-state index is 13.7. The standard InChI is InChI=1S/C16H15BrF3N/c1-10(15-8-12(17)2-3-16(15)20)21-5-4-11-6-13(18)9-14(19)7-11/h2-3,6-10,21H,4-5H2,1H3. The SMILES string of the molecule is CC(NCCc1cc(F)cc(F)c1)c1cc(Br)ccc1F. The molecule has 1 N–H and O–H groups in total. The lowest BCUT2D eigenvalue weighted by molar-refractivity contribution is 0.528. The van der Waals surface area contributed by atoms with E-state index in [1.165, 1.54) is 18.2 Å². The van der Waals surface area contributed by atoms with Crippen LogP contribution in [0.1, 0.15) is 24.1 Å². The minimum atomic E-state index is -0.587. The second-order valence-corrected chi connectivity index (χ2v) is 5.79. The average Bonchev–Trinajstić information content (AvgIpc) is 2.40. The number of hydrogen-bond donors (Lipinski definition) is 1. The van der Waals surface area contributed by atoms with E-state index in [-0.39, 0.29) is 11.9 Å². The van der Waals surface area contributed by atoms with Gasteiger partial charge in [-0.05, 0) is 55.8 Å². The van der Waals surface area contributed by atoms with E-state index in [4.69, 9.17) is 0 Å². The van der Waals surface area contributed by atoms with Crippen LogP contribution >= 0.6 is 15.9 Å². The van der Waals surface area contributed by atoms with Crippen LogP contribution in [0.2, 0.25) is 0 Å². The Morgan fingerprint density at radius 3 is 2.38 bits per heavy atom. The van der Waals surface area contributed by atoms with E-state index < -0.39 is 11.6 Å². The molecule has 0 aliphatic carbocycles. The second kappa shape index (κ2) is 7.09. The van der Waals surface area contributed by atoms with Gasteiger partial charge in [0.2, 0.25) is 0 Å². The molecule has 0 bridgehead atoms. The van der Waals surface area contributed by atoms with Gasteiger partial charge in [0, 0.05) is 22.1 Å². The van der Waals surface area contributed by atoms with Crippen molar-refractivity contribution < 1.29 is 13.2 Å². The Balaban J connectivity index is 1.95. The first kappa shape index (κ1) is 16.0. The Kier molecular flexibility index (Phi) is 5.42. The molecule has 21 heavy (non-hydrogen) atoms. The zero-order valence-corrected chi connectivity index (χ0v) is 13.1. The smallest absolute Gasteiger partial charge is 0.128 e. The lowest BCUT2D eigenvalue weighted by Crippen LogP contribution is -2.22. The van der Waals surface area contributed by atoms with E-state index in [2.05, 4.69) is 21.2 Å². The van der Waals surface area contributed by atoms with Crippen LogP contribution in [-0.4, -0.2) is 6.54 Å². The molecule has 1 nitrogen and oxygen atoms in total. The topological polar surface area (TPSA) is 12.0 Å². The van der Waals surface area contributed by atoms with Crippen LogP contribution in [0.15, 0.2) is 40.9 Å². The first-order valence-electron chi connectivity index (χ1n) is 6.59. The summed E-state index contributed by atoms with van der Waals surface area (Å²) >= 11 is 3.31. The molecule has 0 aliphatic heterocycles. The summed E-state index contributed by atoms with van der Waals surface area (Å²) < 4.78 is 40.6. The predicted molar refractivity (Wildman–Crippen MR) is 80.6 cm³/mol. The molecular weight excluding hydrogens is 343 g/mol. The van der Waals surface area contributed by atoms with Crippen molar-refractivity contribution in [1.82, 2.24) is 5.32 Å². The van der Waals surface area contributed by atoms with Crippen molar-refractivity contribution in [2.24, 2.45) is 0 Å². The molecule has 2 rings (SSSR count). The average molecular weight is 358 g/mol. The Hall–Kier alpha value is -1.33. The fourth-order valence-corrected chi connectivity index (χ4v) is 2.52. The van der Waals surface area contributed by atoms with Crippen molar-refractivity contribution in [1.29, 1.82) is 0 Å². The summed E-state index contributed by atoms with van der Waals surface area (Å²) in [5.74, 6) is -1.46. The van der Waals surface area contributed by atoms with E-state index in [0.717, 1.165) is 10.5 Å². The molecule has 0 spiro atoms. The van der Waals surface area contributed by atoms with E-state index >= 15 is 0 Å². The van der Waals surface area contributed by atoms with Gasteiger partial charge in [0.1, 0.15) is 17.5 Å². The molecule has 0 aromatic heterocycles. The number of benzene rings is 2. The quantitative estimate of drug-likeness (QED) is 0.813. The molecule has 1 atom stereocenters. The highest BCUT2D eigenvalue weighted by Crippen LogP contribution is 2.21. The summed E-state index contributed by atoms with van der Waals surface area (Å²) in [6.45, 7) is 2.34. The van der Waals surface area contributed by atoms with Crippen LogP contribution in [0.5, 0.6) is 0 Å². The summed E-state index contributed by atoms with van der Waals surface area (Å²) in [6, 6.07) is 8.01. The van der Waals surface area contributed by atoms with Crippen LogP contribution in [0.4, 0.5) is 13.2 Å². The molecule has 1 unspecified atom stereocenters. The van der Waals surface area contributed by atoms with Gasteiger partial charge in [0.05, 0.1) is 0 Å². The van der Waals surface area contributed by atoms with Crippen LogP contribution < -0.4 is 5.32 Å². The molecule has 112 valence electrons. The van der Waals surface area contributed by atoms with Crippen molar-refractivity contribution in [2.75, 3.05) is 6.54 Å². The van der Waals surface area contributed by atoms with Gasteiger partial charge in [-0.25, -0.2) is 13.2 Å².